The number of nitrogens with zero attached hydrogens (tertiary/aromatic N) is 3. The summed E-state index contributed by atoms with van der Waals surface area (Å²) in [4.78, 5) is 22.9. The van der Waals surface area contributed by atoms with Gasteiger partial charge in [0, 0.05) is 62.0 Å². The number of pyridine rings is 2. The number of amides is 1. The van der Waals surface area contributed by atoms with E-state index in [1.54, 1.807) is 44.9 Å². The van der Waals surface area contributed by atoms with Crippen LogP contribution in [-0.4, -0.2) is 54.2 Å². The molecule has 8 nitrogen and oxygen atoms in total. The van der Waals surface area contributed by atoms with Crippen LogP contribution in [0.3, 0.4) is 0 Å². The number of aromatic nitrogens is 2. The minimum absolute atomic E-state index is 0.133. The lowest BCUT2D eigenvalue weighted by atomic mass is 10.1. The molecule has 1 N–H and O–H groups in total. The van der Waals surface area contributed by atoms with Crippen molar-refractivity contribution in [3.63, 3.8) is 0 Å². The van der Waals surface area contributed by atoms with Crippen molar-refractivity contribution in [2.75, 3.05) is 27.3 Å². The number of methoxy groups -OCH3 is 2. The first-order chi connectivity index (χ1) is 16.6. The van der Waals surface area contributed by atoms with E-state index in [1.807, 2.05) is 30.3 Å². The summed E-state index contributed by atoms with van der Waals surface area (Å²) >= 11 is 0. The van der Waals surface area contributed by atoms with Crippen molar-refractivity contribution in [2.24, 2.45) is 0 Å². The van der Waals surface area contributed by atoms with Crippen LogP contribution < -0.4 is 19.5 Å². The molecule has 3 heterocycles. The zero-order chi connectivity index (χ0) is 23.8. The number of likely N-dealkylation sites (tertiary alicyclic amines) is 1. The Bertz CT molecular complexity index is 1070. The number of hydrogen-bond acceptors (Lipinski definition) is 7. The van der Waals surface area contributed by atoms with Gasteiger partial charge in [0.15, 0.2) is 0 Å². The van der Waals surface area contributed by atoms with E-state index >= 15 is 0 Å². The molecule has 4 rings (SSSR count). The van der Waals surface area contributed by atoms with Gasteiger partial charge in [0.05, 0.1) is 14.2 Å². The van der Waals surface area contributed by atoms with Gasteiger partial charge in [0.25, 0.3) is 5.91 Å². The second kappa shape index (κ2) is 11.5. The lowest BCUT2D eigenvalue weighted by Gasteiger charge is -2.32. The van der Waals surface area contributed by atoms with Crippen LogP contribution in [-0.2, 0) is 13.1 Å². The van der Waals surface area contributed by atoms with Gasteiger partial charge in [-0.05, 0) is 48.7 Å². The van der Waals surface area contributed by atoms with E-state index in [4.69, 9.17) is 14.2 Å². The number of hydrogen-bond donors (Lipinski definition) is 1. The summed E-state index contributed by atoms with van der Waals surface area (Å²) in [5.41, 5.74) is 2.62. The molecule has 1 aromatic carbocycles. The highest BCUT2D eigenvalue weighted by Crippen LogP contribution is 2.27. The molecule has 178 valence electrons. The van der Waals surface area contributed by atoms with E-state index in [0.29, 0.717) is 18.0 Å². The highest BCUT2D eigenvalue weighted by atomic mass is 16.5. The number of carbonyl (C=O) groups is 1. The van der Waals surface area contributed by atoms with Crippen molar-refractivity contribution >= 4 is 5.91 Å². The predicted molar refractivity (Wildman–Crippen MR) is 128 cm³/mol. The SMILES string of the molecule is COc1ccc(OC)c(CN2CCC(Oc3ccc(CNC(=O)c4ccncc4)cn3)CC2)c1. The molecule has 1 aliphatic rings. The molecule has 8 heteroatoms. The molecule has 3 aromatic rings. The van der Waals surface area contributed by atoms with Crippen LogP contribution in [0.2, 0.25) is 0 Å². The Hall–Kier alpha value is -3.65. The van der Waals surface area contributed by atoms with Crippen molar-refractivity contribution in [3.05, 3.63) is 77.7 Å². The Morgan fingerprint density at radius 1 is 1.06 bits per heavy atom. The molecule has 0 unspecified atom stereocenters. The van der Waals surface area contributed by atoms with Crippen molar-refractivity contribution in [3.8, 4) is 17.4 Å². The molecule has 34 heavy (non-hydrogen) atoms. The van der Waals surface area contributed by atoms with Crippen LogP contribution in [0.15, 0.2) is 61.1 Å². The predicted octanol–water partition coefficient (Wildman–Crippen LogP) is 3.47. The van der Waals surface area contributed by atoms with Crippen LogP contribution in [0.4, 0.5) is 0 Å². The molecule has 1 amide bonds. The minimum Gasteiger partial charge on any atom is -0.497 e. The third-order valence-corrected chi connectivity index (χ3v) is 5.90. The first-order valence-corrected chi connectivity index (χ1v) is 11.4. The van der Waals surface area contributed by atoms with Gasteiger partial charge in [0.2, 0.25) is 5.88 Å². The van der Waals surface area contributed by atoms with Gasteiger partial charge in [0.1, 0.15) is 17.6 Å². The molecule has 0 spiro atoms. The molecule has 0 atom stereocenters. The van der Waals surface area contributed by atoms with Crippen molar-refractivity contribution < 1.29 is 19.0 Å². The van der Waals surface area contributed by atoms with E-state index in [9.17, 15) is 4.79 Å². The second-order valence-corrected chi connectivity index (χ2v) is 8.19. The Kier molecular flexibility index (Phi) is 7.93. The van der Waals surface area contributed by atoms with Crippen molar-refractivity contribution in [1.82, 2.24) is 20.2 Å². The van der Waals surface area contributed by atoms with E-state index in [2.05, 4.69) is 20.2 Å². The number of ether oxygens (including phenoxy) is 3. The fourth-order valence-electron chi connectivity index (χ4n) is 3.98. The number of nitrogens with one attached hydrogen (secondary N) is 1. The molecule has 0 saturated carbocycles. The van der Waals surface area contributed by atoms with Crippen LogP contribution in [0.1, 0.15) is 34.3 Å². The third kappa shape index (κ3) is 6.23. The van der Waals surface area contributed by atoms with Gasteiger partial charge in [-0.15, -0.1) is 0 Å². The maximum absolute atomic E-state index is 12.2. The van der Waals surface area contributed by atoms with E-state index < -0.39 is 0 Å². The number of carbonyl (C=O) groups excluding carboxylic acids is 1. The van der Waals surface area contributed by atoms with Gasteiger partial charge < -0.3 is 19.5 Å². The summed E-state index contributed by atoms with van der Waals surface area (Å²) in [6.07, 6.45) is 6.93. The molecule has 1 saturated heterocycles. The molecule has 0 radical (unpaired) electrons. The second-order valence-electron chi connectivity index (χ2n) is 8.19. The lowest BCUT2D eigenvalue weighted by molar-refractivity contribution is 0.0927. The highest BCUT2D eigenvalue weighted by molar-refractivity contribution is 5.93. The number of piperidine rings is 1. The first-order valence-electron chi connectivity index (χ1n) is 11.4. The fourth-order valence-corrected chi connectivity index (χ4v) is 3.98. The molecule has 0 aliphatic carbocycles. The average molecular weight is 463 g/mol. The monoisotopic (exact) mass is 462 g/mol. The quantitative estimate of drug-likeness (QED) is 0.521. The van der Waals surface area contributed by atoms with Crippen LogP contribution in [0.25, 0.3) is 0 Å². The highest BCUT2D eigenvalue weighted by Gasteiger charge is 2.22. The van der Waals surface area contributed by atoms with Crippen LogP contribution in [0.5, 0.6) is 17.4 Å². The van der Waals surface area contributed by atoms with Crippen LogP contribution >= 0.6 is 0 Å². The maximum Gasteiger partial charge on any atom is 0.251 e. The summed E-state index contributed by atoms with van der Waals surface area (Å²) in [5, 5.41) is 2.89. The number of rotatable bonds is 9. The normalized spacial score (nSPS) is 14.4. The van der Waals surface area contributed by atoms with E-state index in [1.165, 1.54) is 0 Å². The van der Waals surface area contributed by atoms with Crippen molar-refractivity contribution in [2.45, 2.75) is 32.0 Å². The standard InChI is InChI=1S/C26H30N4O4/c1-32-23-4-5-24(33-2)21(15-23)18-30-13-9-22(10-14-30)34-25-6-3-19(16-28-25)17-29-26(31)20-7-11-27-12-8-20/h3-8,11-12,15-16,22H,9-10,13-14,17-18H2,1-2H3,(H,29,31). The molecule has 1 fully saturated rings. The van der Waals surface area contributed by atoms with E-state index in [0.717, 1.165) is 55.1 Å². The van der Waals surface area contributed by atoms with E-state index in [-0.39, 0.29) is 12.0 Å². The summed E-state index contributed by atoms with van der Waals surface area (Å²) in [6, 6.07) is 13.1. The largest absolute Gasteiger partial charge is 0.497 e. The first kappa shape index (κ1) is 23.5. The van der Waals surface area contributed by atoms with Gasteiger partial charge >= 0.3 is 0 Å². The van der Waals surface area contributed by atoms with Crippen LogP contribution in [0, 0.1) is 0 Å². The average Bonchev–Trinajstić information content (AvgIpc) is 2.89. The molecule has 1 aliphatic heterocycles. The summed E-state index contributed by atoms with van der Waals surface area (Å²) < 4.78 is 17.0. The van der Waals surface area contributed by atoms with Crippen molar-refractivity contribution in [1.29, 1.82) is 0 Å². The number of benzene rings is 1. The fraction of sp³-hybridized carbons (Fsp3) is 0.346. The van der Waals surface area contributed by atoms with Gasteiger partial charge in [-0.2, -0.15) is 0 Å². The van der Waals surface area contributed by atoms with Gasteiger partial charge in [-0.1, -0.05) is 6.07 Å². The zero-order valence-electron chi connectivity index (χ0n) is 19.6. The summed E-state index contributed by atoms with van der Waals surface area (Å²) in [5.74, 6) is 2.18. The molecular formula is C26H30N4O4. The zero-order valence-corrected chi connectivity index (χ0v) is 19.6. The Balaban J connectivity index is 1.23. The Morgan fingerprint density at radius 3 is 2.53 bits per heavy atom. The molecular weight excluding hydrogens is 432 g/mol. The lowest BCUT2D eigenvalue weighted by Crippen LogP contribution is -2.38. The summed E-state index contributed by atoms with van der Waals surface area (Å²) in [7, 11) is 3.37. The van der Waals surface area contributed by atoms with Gasteiger partial charge in [-0.3, -0.25) is 14.7 Å². The third-order valence-electron chi connectivity index (χ3n) is 5.90. The van der Waals surface area contributed by atoms with Gasteiger partial charge in [-0.25, -0.2) is 4.98 Å². The maximum atomic E-state index is 12.2. The molecule has 2 aromatic heterocycles. The minimum atomic E-state index is -0.138. The Labute approximate surface area is 199 Å². The molecule has 0 bridgehead atoms. The smallest absolute Gasteiger partial charge is 0.251 e. The summed E-state index contributed by atoms with van der Waals surface area (Å²) in [6.45, 7) is 3.08. The topological polar surface area (TPSA) is 85.8 Å². The Morgan fingerprint density at radius 2 is 1.85 bits per heavy atom.